The molecular formula is C19H22N2O2S. The third-order valence-electron chi connectivity index (χ3n) is 3.72. The summed E-state index contributed by atoms with van der Waals surface area (Å²) in [6.45, 7) is 7.91. The smallest absolute Gasteiger partial charge is 0.264 e. The van der Waals surface area contributed by atoms with Crippen molar-refractivity contribution >= 4 is 28.9 Å². The number of aryl methyl sites for hydroxylation is 4. The molecule has 0 aliphatic carbocycles. The van der Waals surface area contributed by atoms with Crippen LogP contribution in [0.4, 0.5) is 5.69 Å². The quantitative estimate of drug-likeness (QED) is 0.830. The maximum absolute atomic E-state index is 12.0. The van der Waals surface area contributed by atoms with Gasteiger partial charge in [-0.05, 0) is 80.4 Å². The van der Waals surface area contributed by atoms with Crippen molar-refractivity contribution in [3.05, 3.63) is 58.7 Å². The SMILES string of the molecule is Cc1ccc(C)c(OCC(=O)NC(=S)Nc2ccc(C)c(C)c2)c1. The fourth-order valence-corrected chi connectivity index (χ4v) is 2.38. The Hall–Kier alpha value is -2.40. The second kappa shape index (κ2) is 7.93. The summed E-state index contributed by atoms with van der Waals surface area (Å²) in [5.41, 5.74) is 5.29. The number of hydrogen-bond acceptors (Lipinski definition) is 3. The number of carbonyl (C=O) groups excluding carboxylic acids is 1. The second-order valence-corrected chi connectivity index (χ2v) is 6.27. The van der Waals surface area contributed by atoms with Crippen LogP contribution in [-0.2, 0) is 4.79 Å². The van der Waals surface area contributed by atoms with E-state index in [1.54, 1.807) is 0 Å². The van der Waals surface area contributed by atoms with Crippen LogP contribution in [0.1, 0.15) is 22.3 Å². The Morgan fingerprint density at radius 2 is 1.71 bits per heavy atom. The van der Waals surface area contributed by atoms with E-state index in [2.05, 4.69) is 10.6 Å². The number of thiocarbonyl (C=S) groups is 1. The number of carbonyl (C=O) groups is 1. The van der Waals surface area contributed by atoms with Crippen LogP contribution in [0.25, 0.3) is 0 Å². The zero-order chi connectivity index (χ0) is 17.7. The van der Waals surface area contributed by atoms with Crippen LogP contribution in [0, 0.1) is 27.7 Å². The van der Waals surface area contributed by atoms with Gasteiger partial charge >= 0.3 is 0 Å². The van der Waals surface area contributed by atoms with Crippen molar-refractivity contribution in [2.45, 2.75) is 27.7 Å². The van der Waals surface area contributed by atoms with E-state index in [0.29, 0.717) is 5.75 Å². The predicted octanol–water partition coefficient (Wildman–Crippen LogP) is 3.81. The summed E-state index contributed by atoms with van der Waals surface area (Å²) in [6, 6.07) is 11.8. The minimum absolute atomic E-state index is 0.0843. The van der Waals surface area contributed by atoms with Gasteiger partial charge in [-0.3, -0.25) is 10.1 Å². The molecule has 0 aliphatic heterocycles. The number of anilines is 1. The lowest BCUT2D eigenvalue weighted by Gasteiger charge is -2.12. The molecule has 4 nitrogen and oxygen atoms in total. The maximum Gasteiger partial charge on any atom is 0.264 e. The van der Waals surface area contributed by atoms with Crippen LogP contribution in [0.3, 0.4) is 0 Å². The van der Waals surface area contributed by atoms with E-state index in [0.717, 1.165) is 22.4 Å². The Kier molecular flexibility index (Phi) is 5.93. The first-order valence-electron chi connectivity index (χ1n) is 7.73. The van der Waals surface area contributed by atoms with Crippen LogP contribution in [0.5, 0.6) is 5.75 Å². The van der Waals surface area contributed by atoms with Gasteiger partial charge in [0.25, 0.3) is 5.91 Å². The Morgan fingerprint density at radius 3 is 2.42 bits per heavy atom. The fraction of sp³-hybridized carbons (Fsp3) is 0.263. The minimum atomic E-state index is -0.294. The van der Waals surface area contributed by atoms with Gasteiger partial charge < -0.3 is 10.1 Å². The van der Waals surface area contributed by atoms with Gasteiger partial charge in [0.1, 0.15) is 5.75 Å². The predicted molar refractivity (Wildman–Crippen MR) is 102 cm³/mol. The largest absolute Gasteiger partial charge is 0.483 e. The summed E-state index contributed by atoms with van der Waals surface area (Å²) in [6.07, 6.45) is 0. The van der Waals surface area contributed by atoms with Gasteiger partial charge in [-0.1, -0.05) is 18.2 Å². The molecule has 0 bridgehead atoms. The first kappa shape index (κ1) is 17.9. The van der Waals surface area contributed by atoms with E-state index in [1.165, 1.54) is 5.56 Å². The molecular weight excluding hydrogens is 320 g/mol. The molecule has 0 saturated heterocycles. The Labute approximate surface area is 148 Å². The monoisotopic (exact) mass is 342 g/mol. The van der Waals surface area contributed by atoms with Gasteiger partial charge in [-0.2, -0.15) is 0 Å². The number of rotatable bonds is 4. The third-order valence-corrected chi connectivity index (χ3v) is 3.92. The zero-order valence-corrected chi connectivity index (χ0v) is 15.2. The van der Waals surface area contributed by atoms with Crippen molar-refractivity contribution in [1.82, 2.24) is 5.32 Å². The summed E-state index contributed by atoms with van der Waals surface area (Å²) in [5, 5.41) is 5.88. The average molecular weight is 342 g/mol. The van der Waals surface area contributed by atoms with Gasteiger partial charge in [-0.25, -0.2) is 0 Å². The van der Waals surface area contributed by atoms with Gasteiger partial charge in [0.2, 0.25) is 0 Å². The Bertz CT molecular complexity index is 772. The molecule has 0 fully saturated rings. The molecule has 0 heterocycles. The highest BCUT2D eigenvalue weighted by atomic mass is 32.1. The molecule has 0 aliphatic rings. The third kappa shape index (κ3) is 5.06. The maximum atomic E-state index is 12.0. The fourth-order valence-electron chi connectivity index (χ4n) is 2.15. The topological polar surface area (TPSA) is 50.4 Å². The standard InChI is InChI=1S/C19H22N2O2S/c1-12-5-6-14(3)17(9-12)23-11-18(22)21-19(24)20-16-8-7-13(2)15(4)10-16/h5-10H,11H2,1-4H3,(H2,20,21,22,24). The average Bonchev–Trinajstić information content (AvgIpc) is 2.51. The van der Waals surface area contributed by atoms with Crippen LogP contribution >= 0.6 is 12.2 Å². The minimum Gasteiger partial charge on any atom is -0.483 e. The van der Waals surface area contributed by atoms with E-state index in [-0.39, 0.29) is 17.6 Å². The molecule has 5 heteroatoms. The first-order valence-corrected chi connectivity index (χ1v) is 8.14. The van der Waals surface area contributed by atoms with E-state index in [4.69, 9.17) is 17.0 Å². The number of amides is 1. The van der Waals surface area contributed by atoms with Crippen molar-refractivity contribution < 1.29 is 9.53 Å². The summed E-state index contributed by atoms with van der Waals surface area (Å²) in [4.78, 5) is 12.0. The number of benzene rings is 2. The Morgan fingerprint density at radius 1 is 1.00 bits per heavy atom. The zero-order valence-electron chi connectivity index (χ0n) is 14.4. The summed E-state index contributed by atoms with van der Waals surface area (Å²) >= 11 is 5.17. The van der Waals surface area contributed by atoms with Crippen LogP contribution < -0.4 is 15.4 Å². The molecule has 0 unspecified atom stereocenters. The highest BCUT2D eigenvalue weighted by molar-refractivity contribution is 7.80. The number of ether oxygens (including phenoxy) is 1. The summed E-state index contributed by atoms with van der Waals surface area (Å²) < 4.78 is 5.57. The first-order chi connectivity index (χ1) is 11.3. The van der Waals surface area contributed by atoms with E-state index in [1.807, 2.05) is 64.1 Å². The molecule has 0 atom stereocenters. The van der Waals surface area contributed by atoms with Gasteiger partial charge in [0.05, 0.1) is 0 Å². The molecule has 2 rings (SSSR count). The van der Waals surface area contributed by atoms with Crippen LogP contribution in [-0.4, -0.2) is 17.6 Å². The summed E-state index contributed by atoms with van der Waals surface area (Å²) in [7, 11) is 0. The van der Waals surface area contributed by atoms with Gasteiger partial charge in [-0.15, -0.1) is 0 Å². The van der Waals surface area contributed by atoms with Gasteiger partial charge in [0.15, 0.2) is 11.7 Å². The molecule has 0 aromatic heterocycles. The van der Waals surface area contributed by atoms with Crippen molar-refractivity contribution in [2.24, 2.45) is 0 Å². The molecule has 24 heavy (non-hydrogen) atoms. The van der Waals surface area contributed by atoms with Crippen molar-refractivity contribution in [3.63, 3.8) is 0 Å². The molecule has 2 aromatic rings. The lowest BCUT2D eigenvalue weighted by molar-refractivity contribution is -0.121. The van der Waals surface area contributed by atoms with Crippen molar-refractivity contribution in [2.75, 3.05) is 11.9 Å². The molecule has 2 N–H and O–H groups in total. The van der Waals surface area contributed by atoms with E-state index >= 15 is 0 Å². The molecule has 0 saturated carbocycles. The Balaban J connectivity index is 1.86. The molecule has 1 amide bonds. The highest BCUT2D eigenvalue weighted by Gasteiger charge is 2.08. The molecule has 2 aromatic carbocycles. The van der Waals surface area contributed by atoms with Crippen LogP contribution in [0.15, 0.2) is 36.4 Å². The number of hydrogen-bond donors (Lipinski definition) is 2. The van der Waals surface area contributed by atoms with Crippen molar-refractivity contribution in [3.8, 4) is 5.75 Å². The van der Waals surface area contributed by atoms with E-state index < -0.39 is 0 Å². The molecule has 126 valence electrons. The lowest BCUT2D eigenvalue weighted by Crippen LogP contribution is -2.37. The highest BCUT2D eigenvalue weighted by Crippen LogP contribution is 2.18. The van der Waals surface area contributed by atoms with Gasteiger partial charge in [0, 0.05) is 5.69 Å². The lowest BCUT2D eigenvalue weighted by atomic mass is 10.1. The molecule has 0 radical (unpaired) electrons. The second-order valence-electron chi connectivity index (χ2n) is 5.86. The normalized spacial score (nSPS) is 10.2. The number of nitrogens with one attached hydrogen (secondary N) is 2. The molecule has 0 spiro atoms. The van der Waals surface area contributed by atoms with Crippen molar-refractivity contribution in [1.29, 1.82) is 0 Å². The van der Waals surface area contributed by atoms with Crippen LogP contribution in [0.2, 0.25) is 0 Å². The summed E-state index contributed by atoms with van der Waals surface area (Å²) in [5.74, 6) is 0.412. The van der Waals surface area contributed by atoms with E-state index in [9.17, 15) is 4.79 Å².